The maximum Gasteiger partial charge on any atom is 0.121 e. The molecular formula is C13H20N2OS. The third kappa shape index (κ3) is 3.37. The zero-order chi connectivity index (χ0) is 12.3. The Bertz CT molecular complexity index is 376. The van der Waals surface area contributed by atoms with Crippen LogP contribution in [0.15, 0.2) is 23.1 Å². The first-order valence-electron chi connectivity index (χ1n) is 5.95. The topological polar surface area (TPSA) is 15.7 Å². The molecule has 1 aromatic carbocycles. The van der Waals surface area contributed by atoms with Gasteiger partial charge in [-0.15, -0.1) is 0 Å². The molecule has 1 heterocycles. The Morgan fingerprint density at radius 3 is 2.47 bits per heavy atom. The normalized spacial score (nSPS) is 18.3. The number of hydrogen-bond donors (Lipinski definition) is 0. The Hall–Kier alpha value is -0.710. The van der Waals surface area contributed by atoms with E-state index in [1.165, 1.54) is 10.5 Å². The van der Waals surface area contributed by atoms with Crippen LogP contribution in [0.1, 0.15) is 5.56 Å². The van der Waals surface area contributed by atoms with Gasteiger partial charge in [-0.3, -0.25) is 0 Å². The van der Waals surface area contributed by atoms with Crippen LogP contribution in [0.4, 0.5) is 0 Å². The van der Waals surface area contributed by atoms with Gasteiger partial charge in [0.25, 0.3) is 0 Å². The van der Waals surface area contributed by atoms with E-state index in [9.17, 15) is 0 Å². The first-order valence-corrected chi connectivity index (χ1v) is 6.72. The van der Waals surface area contributed by atoms with E-state index in [1.54, 1.807) is 7.11 Å². The highest BCUT2D eigenvalue weighted by Crippen LogP contribution is 2.28. The Balaban J connectivity index is 1.97. The highest BCUT2D eigenvalue weighted by molar-refractivity contribution is 7.97. The van der Waals surface area contributed by atoms with Crippen molar-refractivity contribution in [1.82, 2.24) is 9.21 Å². The number of methoxy groups -OCH3 is 1. The molecule has 2 rings (SSSR count). The summed E-state index contributed by atoms with van der Waals surface area (Å²) in [5.74, 6) is 0.965. The predicted molar refractivity (Wildman–Crippen MR) is 72.7 cm³/mol. The zero-order valence-corrected chi connectivity index (χ0v) is 11.6. The highest BCUT2D eigenvalue weighted by Gasteiger charge is 2.14. The molecule has 0 N–H and O–H groups in total. The van der Waals surface area contributed by atoms with Gasteiger partial charge >= 0.3 is 0 Å². The standard InChI is InChI=1S/C13H20N2OS/c1-11-10-12(4-5-13(11)16-3)17-15-8-6-14(2)7-9-15/h4-5,10H,6-9H2,1-3H3. The third-order valence-electron chi connectivity index (χ3n) is 3.06. The smallest absolute Gasteiger partial charge is 0.121 e. The van der Waals surface area contributed by atoms with Crippen molar-refractivity contribution in [2.24, 2.45) is 0 Å². The molecule has 0 atom stereocenters. The van der Waals surface area contributed by atoms with E-state index >= 15 is 0 Å². The van der Waals surface area contributed by atoms with Gasteiger partial charge in [0.05, 0.1) is 7.11 Å². The quantitative estimate of drug-likeness (QED) is 0.766. The molecule has 94 valence electrons. The van der Waals surface area contributed by atoms with Crippen LogP contribution >= 0.6 is 11.9 Å². The first-order chi connectivity index (χ1) is 8.19. The second-order valence-corrected chi connectivity index (χ2v) is 5.63. The summed E-state index contributed by atoms with van der Waals surface area (Å²) < 4.78 is 7.71. The van der Waals surface area contributed by atoms with Crippen LogP contribution in [0.5, 0.6) is 5.75 Å². The van der Waals surface area contributed by atoms with Gasteiger partial charge in [0.1, 0.15) is 5.75 Å². The van der Waals surface area contributed by atoms with E-state index in [2.05, 4.69) is 35.3 Å². The molecule has 1 aliphatic heterocycles. The number of rotatable bonds is 3. The van der Waals surface area contributed by atoms with Gasteiger partial charge in [-0.25, -0.2) is 4.31 Å². The summed E-state index contributed by atoms with van der Waals surface area (Å²) in [5.41, 5.74) is 1.20. The minimum atomic E-state index is 0.965. The van der Waals surface area contributed by atoms with Crippen molar-refractivity contribution < 1.29 is 4.74 Å². The van der Waals surface area contributed by atoms with Crippen LogP contribution < -0.4 is 4.74 Å². The Morgan fingerprint density at radius 1 is 1.18 bits per heavy atom. The zero-order valence-electron chi connectivity index (χ0n) is 10.8. The molecule has 1 aromatic rings. The lowest BCUT2D eigenvalue weighted by atomic mass is 10.2. The van der Waals surface area contributed by atoms with Gasteiger partial charge in [-0.1, -0.05) is 0 Å². The molecule has 0 aliphatic carbocycles. The average molecular weight is 252 g/mol. The lowest BCUT2D eigenvalue weighted by Gasteiger charge is -2.31. The maximum atomic E-state index is 5.27. The molecular weight excluding hydrogens is 232 g/mol. The number of ether oxygens (including phenoxy) is 1. The monoisotopic (exact) mass is 252 g/mol. The Labute approximate surface area is 108 Å². The SMILES string of the molecule is COc1ccc(SN2CCN(C)CC2)cc1C. The van der Waals surface area contributed by atoms with Gasteiger partial charge < -0.3 is 9.64 Å². The first kappa shape index (κ1) is 12.7. The third-order valence-corrected chi connectivity index (χ3v) is 4.15. The fraction of sp³-hybridized carbons (Fsp3) is 0.538. The number of benzene rings is 1. The number of nitrogens with zero attached hydrogens (tertiary/aromatic N) is 2. The number of aryl methyl sites for hydroxylation is 1. The second kappa shape index (κ2) is 5.76. The van der Waals surface area contributed by atoms with E-state index < -0.39 is 0 Å². The molecule has 0 amide bonds. The van der Waals surface area contributed by atoms with Crippen molar-refractivity contribution in [3.63, 3.8) is 0 Å². The van der Waals surface area contributed by atoms with E-state index in [0.29, 0.717) is 0 Å². The van der Waals surface area contributed by atoms with Crippen LogP contribution in [0.25, 0.3) is 0 Å². The summed E-state index contributed by atoms with van der Waals surface area (Å²) in [4.78, 5) is 3.67. The van der Waals surface area contributed by atoms with Gasteiger partial charge in [0.15, 0.2) is 0 Å². The van der Waals surface area contributed by atoms with E-state index in [4.69, 9.17) is 4.74 Å². The molecule has 0 unspecified atom stereocenters. The van der Waals surface area contributed by atoms with Crippen LogP contribution in [0, 0.1) is 6.92 Å². The highest BCUT2D eigenvalue weighted by atomic mass is 32.2. The van der Waals surface area contributed by atoms with Gasteiger partial charge in [-0.2, -0.15) is 0 Å². The van der Waals surface area contributed by atoms with E-state index in [1.807, 2.05) is 18.0 Å². The molecule has 1 saturated heterocycles. The fourth-order valence-corrected chi connectivity index (χ4v) is 2.94. The second-order valence-electron chi connectivity index (χ2n) is 4.46. The van der Waals surface area contributed by atoms with Crippen molar-refractivity contribution in [1.29, 1.82) is 0 Å². The summed E-state index contributed by atoms with van der Waals surface area (Å²) >= 11 is 1.85. The van der Waals surface area contributed by atoms with Crippen LogP contribution in [-0.2, 0) is 0 Å². The summed E-state index contributed by atoms with van der Waals surface area (Å²) in [6, 6.07) is 6.38. The van der Waals surface area contributed by atoms with Crippen LogP contribution in [-0.4, -0.2) is 49.5 Å². The Morgan fingerprint density at radius 2 is 1.88 bits per heavy atom. The van der Waals surface area contributed by atoms with Crippen molar-refractivity contribution in [3.8, 4) is 5.75 Å². The molecule has 1 fully saturated rings. The predicted octanol–water partition coefficient (Wildman–Crippen LogP) is 2.26. The molecule has 0 aromatic heterocycles. The fourth-order valence-electron chi connectivity index (χ4n) is 1.94. The van der Waals surface area contributed by atoms with Crippen LogP contribution in [0.3, 0.4) is 0 Å². The molecule has 3 nitrogen and oxygen atoms in total. The van der Waals surface area contributed by atoms with Crippen molar-refractivity contribution >= 4 is 11.9 Å². The lowest BCUT2D eigenvalue weighted by Crippen LogP contribution is -2.40. The number of hydrogen-bond acceptors (Lipinski definition) is 4. The van der Waals surface area contributed by atoms with E-state index in [0.717, 1.165) is 31.9 Å². The van der Waals surface area contributed by atoms with Crippen LogP contribution in [0.2, 0.25) is 0 Å². The van der Waals surface area contributed by atoms with Gasteiger partial charge in [-0.05, 0) is 49.7 Å². The molecule has 1 aliphatic rings. The summed E-state index contributed by atoms with van der Waals surface area (Å²) in [5, 5.41) is 0. The summed E-state index contributed by atoms with van der Waals surface area (Å²) in [6.45, 7) is 6.66. The summed E-state index contributed by atoms with van der Waals surface area (Å²) in [7, 11) is 3.90. The number of likely N-dealkylation sites (N-methyl/N-ethyl adjacent to an activating group) is 1. The lowest BCUT2D eigenvalue weighted by molar-refractivity contribution is 0.233. The van der Waals surface area contributed by atoms with Crippen molar-refractivity contribution in [2.45, 2.75) is 11.8 Å². The van der Waals surface area contributed by atoms with Gasteiger partial charge in [0.2, 0.25) is 0 Å². The summed E-state index contributed by atoms with van der Waals surface area (Å²) in [6.07, 6.45) is 0. The van der Waals surface area contributed by atoms with Crippen molar-refractivity contribution in [3.05, 3.63) is 23.8 Å². The number of piperazine rings is 1. The molecule has 17 heavy (non-hydrogen) atoms. The van der Waals surface area contributed by atoms with Gasteiger partial charge in [0, 0.05) is 31.1 Å². The molecule has 0 saturated carbocycles. The minimum Gasteiger partial charge on any atom is -0.496 e. The average Bonchev–Trinajstić information content (AvgIpc) is 2.32. The Kier molecular flexibility index (Phi) is 4.31. The molecule has 0 bridgehead atoms. The maximum absolute atomic E-state index is 5.27. The van der Waals surface area contributed by atoms with E-state index in [-0.39, 0.29) is 0 Å². The molecule has 0 radical (unpaired) electrons. The van der Waals surface area contributed by atoms with Crippen molar-refractivity contribution in [2.75, 3.05) is 40.3 Å². The molecule has 0 spiro atoms. The molecule has 4 heteroatoms. The minimum absolute atomic E-state index is 0.965. The largest absolute Gasteiger partial charge is 0.496 e.